The van der Waals surface area contributed by atoms with E-state index in [2.05, 4.69) is 5.32 Å². The number of amides is 1. The van der Waals surface area contributed by atoms with Crippen LogP contribution in [0.4, 0.5) is 5.00 Å². The third-order valence-corrected chi connectivity index (χ3v) is 8.17. The average molecular weight is 460 g/mol. The van der Waals surface area contributed by atoms with Crippen LogP contribution < -0.4 is 5.32 Å². The molecule has 1 amide bonds. The summed E-state index contributed by atoms with van der Waals surface area (Å²) in [4.78, 5) is 26.3. The first-order valence-electron chi connectivity index (χ1n) is 8.49. The Kier molecular flexibility index (Phi) is 6.69. The Morgan fingerprint density at radius 2 is 2.00 bits per heavy atom. The number of carbonyl (C=O) groups excluding carboxylic acids is 2. The topological polar surface area (TPSA) is 89.5 Å². The summed E-state index contributed by atoms with van der Waals surface area (Å²) in [5, 5.41) is 3.72. The number of hydrogen-bond acceptors (Lipinski definition) is 7. The molecule has 0 bridgehead atoms. The minimum absolute atomic E-state index is 0.0110. The summed E-state index contributed by atoms with van der Waals surface area (Å²) in [7, 11) is -3.19. The van der Waals surface area contributed by atoms with Crippen molar-refractivity contribution < 1.29 is 22.7 Å². The first-order chi connectivity index (χ1) is 13.3. The number of ether oxygens (including phenoxy) is 1. The fourth-order valence-corrected chi connectivity index (χ4v) is 6.65. The van der Waals surface area contributed by atoms with Crippen LogP contribution >= 0.6 is 34.7 Å². The summed E-state index contributed by atoms with van der Waals surface area (Å²) >= 11 is 8.32. The van der Waals surface area contributed by atoms with Gasteiger partial charge in [-0.15, -0.1) is 23.1 Å². The highest BCUT2D eigenvalue weighted by Gasteiger charge is 2.31. The zero-order valence-electron chi connectivity index (χ0n) is 15.0. The quantitative estimate of drug-likeness (QED) is 0.522. The van der Waals surface area contributed by atoms with Gasteiger partial charge in [0.15, 0.2) is 9.84 Å². The maximum Gasteiger partial charge on any atom is 0.341 e. The van der Waals surface area contributed by atoms with Gasteiger partial charge < -0.3 is 10.1 Å². The largest absolute Gasteiger partial charge is 0.462 e. The number of thiophene rings is 1. The normalized spacial score (nSPS) is 14.9. The molecule has 0 atom stereocenters. The lowest BCUT2D eigenvalue weighted by Gasteiger charge is -2.13. The van der Waals surface area contributed by atoms with Gasteiger partial charge in [-0.3, -0.25) is 4.79 Å². The Balaban J connectivity index is 1.78. The lowest BCUT2D eigenvalue weighted by Crippen LogP contribution is -2.20. The molecule has 0 radical (unpaired) electrons. The summed E-state index contributed by atoms with van der Waals surface area (Å²) < 4.78 is 29.0. The number of esters is 1. The molecule has 0 saturated heterocycles. The van der Waals surface area contributed by atoms with E-state index in [9.17, 15) is 18.0 Å². The van der Waals surface area contributed by atoms with E-state index in [1.54, 1.807) is 19.1 Å². The van der Waals surface area contributed by atoms with Gasteiger partial charge in [0.2, 0.25) is 5.91 Å². The van der Waals surface area contributed by atoms with Crippen LogP contribution in [-0.2, 0) is 31.5 Å². The first kappa shape index (κ1) is 21.2. The number of sulfone groups is 1. The molecule has 2 heterocycles. The Hall–Kier alpha value is -1.55. The van der Waals surface area contributed by atoms with Crippen LogP contribution in [0.3, 0.4) is 0 Å². The number of halogens is 1. The van der Waals surface area contributed by atoms with Crippen LogP contribution in [0.2, 0.25) is 5.02 Å². The van der Waals surface area contributed by atoms with Gasteiger partial charge in [0, 0.05) is 14.8 Å². The van der Waals surface area contributed by atoms with Crippen LogP contribution in [-0.4, -0.2) is 38.4 Å². The lowest BCUT2D eigenvalue weighted by molar-refractivity contribution is -0.113. The van der Waals surface area contributed by atoms with Crippen molar-refractivity contribution in [2.75, 3.05) is 23.4 Å². The zero-order chi connectivity index (χ0) is 20.3. The highest BCUT2D eigenvalue weighted by atomic mass is 35.5. The molecule has 1 aromatic heterocycles. The fourth-order valence-electron chi connectivity index (χ4n) is 2.77. The smallest absolute Gasteiger partial charge is 0.341 e. The maximum absolute atomic E-state index is 12.4. The van der Waals surface area contributed by atoms with Crippen molar-refractivity contribution in [1.29, 1.82) is 0 Å². The van der Waals surface area contributed by atoms with Crippen LogP contribution in [0, 0.1) is 0 Å². The van der Waals surface area contributed by atoms with Crippen molar-refractivity contribution in [2.45, 2.75) is 24.0 Å². The van der Waals surface area contributed by atoms with Gasteiger partial charge in [-0.05, 0) is 43.2 Å². The molecular weight excluding hydrogens is 442 g/mol. The van der Waals surface area contributed by atoms with Crippen molar-refractivity contribution >= 4 is 61.4 Å². The maximum atomic E-state index is 12.4. The van der Waals surface area contributed by atoms with Gasteiger partial charge in [0.05, 0.1) is 29.4 Å². The molecule has 1 aliphatic heterocycles. The van der Waals surface area contributed by atoms with Crippen LogP contribution in [0.5, 0.6) is 0 Å². The predicted octanol–water partition coefficient (Wildman–Crippen LogP) is 3.78. The van der Waals surface area contributed by atoms with Crippen molar-refractivity contribution in [2.24, 2.45) is 0 Å². The van der Waals surface area contributed by atoms with E-state index in [4.69, 9.17) is 16.3 Å². The van der Waals surface area contributed by atoms with Crippen molar-refractivity contribution in [3.63, 3.8) is 0 Å². The number of carbonyl (C=O) groups is 2. The molecule has 0 aliphatic carbocycles. The predicted molar refractivity (Wildman–Crippen MR) is 112 cm³/mol. The molecule has 10 heteroatoms. The van der Waals surface area contributed by atoms with Gasteiger partial charge in [0.25, 0.3) is 0 Å². The van der Waals surface area contributed by atoms with Crippen molar-refractivity contribution in [3.8, 4) is 0 Å². The molecular formula is C18H18ClNO5S3. The Bertz CT molecular complexity index is 999. The molecule has 0 fully saturated rings. The van der Waals surface area contributed by atoms with E-state index >= 15 is 0 Å². The summed E-state index contributed by atoms with van der Waals surface area (Å²) in [6.07, 6.45) is 0.248. The van der Waals surface area contributed by atoms with Crippen LogP contribution in [0.15, 0.2) is 29.2 Å². The van der Waals surface area contributed by atoms with Crippen molar-refractivity contribution in [3.05, 3.63) is 45.3 Å². The van der Waals surface area contributed by atoms with E-state index in [0.717, 1.165) is 16.2 Å². The number of anilines is 1. The molecule has 3 rings (SSSR count). The summed E-state index contributed by atoms with van der Waals surface area (Å²) in [5.74, 6) is -0.811. The third-order valence-electron chi connectivity index (χ3n) is 4.02. The molecule has 1 aromatic carbocycles. The third kappa shape index (κ3) is 5.08. The van der Waals surface area contributed by atoms with Gasteiger partial charge in [0.1, 0.15) is 5.00 Å². The van der Waals surface area contributed by atoms with E-state index in [1.165, 1.54) is 11.8 Å². The molecule has 0 saturated carbocycles. The van der Waals surface area contributed by atoms with Crippen LogP contribution in [0.25, 0.3) is 0 Å². The molecule has 150 valence electrons. The molecule has 6 nitrogen and oxygen atoms in total. The molecule has 0 unspecified atom stereocenters. The van der Waals surface area contributed by atoms with E-state index in [-0.39, 0.29) is 41.8 Å². The minimum atomic E-state index is -3.19. The number of nitrogens with one attached hydrogen (secondary N) is 1. The van der Waals surface area contributed by atoms with Gasteiger partial charge >= 0.3 is 5.97 Å². The lowest BCUT2D eigenvalue weighted by atomic mass is 10.1. The zero-order valence-corrected chi connectivity index (χ0v) is 18.2. The molecule has 2 aromatic rings. The van der Waals surface area contributed by atoms with E-state index in [1.807, 2.05) is 12.1 Å². The molecule has 1 aliphatic rings. The minimum Gasteiger partial charge on any atom is -0.462 e. The second kappa shape index (κ2) is 8.86. The second-order valence-electron chi connectivity index (χ2n) is 6.06. The number of hydrogen-bond donors (Lipinski definition) is 1. The van der Waals surface area contributed by atoms with Gasteiger partial charge in [-0.2, -0.15) is 0 Å². The van der Waals surface area contributed by atoms with E-state index < -0.39 is 15.8 Å². The van der Waals surface area contributed by atoms with E-state index in [0.29, 0.717) is 20.5 Å². The second-order valence-corrected chi connectivity index (χ2v) is 10.8. The van der Waals surface area contributed by atoms with Gasteiger partial charge in [-0.1, -0.05) is 11.6 Å². The fraction of sp³-hybridized carbons (Fsp3) is 0.333. The van der Waals surface area contributed by atoms with Gasteiger partial charge in [-0.25, -0.2) is 13.2 Å². The Morgan fingerprint density at radius 3 is 2.68 bits per heavy atom. The van der Waals surface area contributed by atoms with Crippen LogP contribution in [0.1, 0.15) is 27.7 Å². The number of thioether (sulfide) groups is 1. The standard InChI is InChI=1S/C18H18ClNO5S3/c1-2-25-18(22)16-13-7-8-28(23,24)10-14(13)27-17(16)20-15(21)9-26-12-5-3-11(19)4-6-12/h3-6H,2,7-10H2,1H3,(H,20,21). The monoisotopic (exact) mass is 459 g/mol. The summed E-state index contributed by atoms with van der Waals surface area (Å²) in [6.45, 7) is 1.89. The first-order valence-corrected chi connectivity index (χ1v) is 12.5. The number of rotatable bonds is 6. The molecule has 0 spiro atoms. The Morgan fingerprint density at radius 1 is 1.29 bits per heavy atom. The highest BCUT2D eigenvalue weighted by Crippen LogP contribution is 2.38. The Labute approximate surface area is 176 Å². The highest BCUT2D eigenvalue weighted by molar-refractivity contribution is 8.00. The number of fused-ring (bicyclic) bond motifs is 1. The average Bonchev–Trinajstić information content (AvgIpc) is 2.97. The summed E-state index contributed by atoms with van der Waals surface area (Å²) in [5.41, 5.74) is 0.945. The molecule has 28 heavy (non-hydrogen) atoms. The SMILES string of the molecule is CCOC(=O)c1c(NC(=O)CSc2ccc(Cl)cc2)sc2c1CCS(=O)(=O)C2. The summed E-state index contributed by atoms with van der Waals surface area (Å²) in [6, 6.07) is 7.13. The number of benzene rings is 1. The molecule has 1 N–H and O–H groups in total. The van der Waals surface area contributed by atoms with Crippen molar-refractivity contribution in [1.82, 2.24) is 0 Å².